The number of pyridine rings is 2. The number of rotatable bonds is 6. The minimum atomic E-state index is -0.330. The van der Waals surface area contributed by atoms with E-state index < -0.39 is 0 Å². The average molecular weight is 884 g/mol. The van der Waals surface area contributed by atoms with Crippen molar-refractivity contribution in [2.75, 3.05) is 11.5 Å². The number of hydrogen-bond acceptors (Lipinski definition) is 6. The monoisotopic (exact) mass is 882 g/mol. The van der Waals surface area contributed by atoms with Crippen molar-refractivity contribution >= 4 is 73.1 Å². The van der Waals surface area contributed by atoms with Crippen molar-refractivity contribution in [2.45, 2.75) is 65.8 Å². The van der Waals surface area contributed by atoms with E-state index in [0.717, 1.165) is 89.6 Å². The van der Waals surface area contributed by atoms with E-state index in [0.29, 0.717) is 11.4 Å². The van der Waals surface area contributed by atoms with Crippen LogP contribution in [0.5, 0.6) is 0 Å². The van der Waals surface area contributed by atoms with E-state index >= 15 is 0 Å². The average Bonchev–Trinajstić information content (AvgIpc) is 3.86. The van der Waals surface area contributed by atoms with Crippen LogP contribution in [0.25, 0.3) is 42.6 Å². The molecule has 1 aliphatic heterocycles. The van der Waals surface area contributed by atoms with Crippen molar-refractivity contribution in [1.29, 1.82) is 0 Å². The van der Waals surface area contributed by atoms with E-state index in [9.17, 15) is 0 Å². The maximum Gasteiger partial charge on any atom is 0.495 e. The van der Waals surface area contributed by atoms with E-state index in [1.165, 1.54) is 0 Å². The van der Waals surface area contributed by atoms with E-state index in [2.05, 4.69) is 96.8 Å². The van der Waals surface area contributed by atoms with Crippen molar-refractivity contribution < 1.29 is 9.31 Å². The largest absolute Gasteiger partial charge is 0.495 e. The van der Waals surface area contributed by atoms with Crippen molar-refractivity contribution in [2.24, 2.45) is 0 Å². The maximum atomic E-state index is 7.35. The van der Waals surface area contributed by atoms with Gasteiger partial charge in [-0.15, -0.1) is 0 Å². The van der Waals surface area contributed by atoms with Crippen LogP contribution in [0.4, 0.5) is 22.7 Å². The van der Waals surface area contributed by atoms with Crippen molar-refractivity contribution in [3.05, 3.63) is 184 Å². The molecule has 62 heavy (non-hydrogen) atoms. The molecule has 1 aliphatic rings. The summed E-state index contributed by atoms with van der Waals surface area (Å²) in [5, 5.41) is 2.13. The zero-order valence-electron chi connectivity index (χ0n) is 35.7. The van der Waals surface area contributed by atoms with Gasteiger partial charge in [0.05, 0.1) is 24.3 Å². The summed E-state index contributed by atoms with van der Waals surface area (Å²) in [5.74, 6) is 0. The third kappa shape index (κ3) is 9.14. The normalized spacial score (nSPS) is 13.7. The minimum Gasteiger partial charge on any atom is -0.399 e. The minimum absolute atomic E-state index is 0.311. The molecule has 8 aromatic rings. The molecule has 1 fully saturated rings. The fourth-order valence-corrected chi connectivity index (χ4v) is 7.93. The molecule has 4 N–H and O–H groups in total. The standard InChI is InChI=1S/C22H18N4.C15H10BrN3.C13H20BNO2/c1-15-18(6-3-7-21(15)23)20-14-26(13-16-5-4-10-25-12-16)22-9-8-17(24-2)11-19(20)22;1-17-12-4-5-15-13(7-12)14(16)10-19(15)9-11-3-2-6-18-8-11;1-9-10(7-6-8-11(9)15)14-16-12(2,3)13(4,5)17-14/h3-12,14H,13,23H2,1H3;2-8,10H,9H2;6-8H,15H2,1-5H3. The highest BCUT2D eigenvalue weighted by molar-refractivity contribution is 9.10. The Morgan fingerprint density at radius 3 is 1.71 bits per heavy atom. The third-order valence-electron chi connectivity index (χ3n) is 11.7. The molecule has 5 heterocycles. The fraction of sp³-hybridized carbons (Fsp3) is 0.200. The van der Waals surface area contributed by atoms with Gasteiger partial charge in [-0.2, -0.15) is 0 Å². The van der Waals surface area contributed by atoms with Crippen LogP contribution in [0.15, 0.2) is 139 Å². The summed E-state index contributed by atoms with van der Waals surface area (Å²) < 4.78 is 17.4. The molecule has 310 valence electrons. The lowest BCUT2D eigenvalue weighted by atomic mass is 9.76. The van der Waals surface area contributed by atoms with Gasteiger partial charge in [0.25, 0.3) is 0 Å². The SMILES string of the molecule is Cc1c(N)cccc1B1OC(C)(C)C(C)(C)O1.[C-]#[N+]c1ccc2c(c1)c(-c1cccc(N)c1C)cn2Cc1cccnc1.[C-]#[N+]c1ccc2c(c1)c(Br)cn2Cc1cccnc1. The summed E-state index contributed by atoms with van der Waals surface area (Å²) >= 11 is 3.56. The Kier molecular flexibility index (Phi) is 12.7. The maximum absolute atomic E-state index is 7.35. The Labute approximate surface area is 372 Å². The van der Waals surface area contributed by atoms with Gasteiger partial charge in [0, 0.05) is 88.1 Å². The smallest absolute Gasteiger partial charge is 0.399 e. The van der Waals surface area contributed by atoms with Crippen LogP contribution >= 0.6 is 15.9 Å². The number of aromatic nitrogens is 4. The van der Waals surface area contributed by atoms with Gasteiger partial charge < -0.3 is 29.9 Å². The van der Waals surface area contributed by atoms with Gasteiger partial charge >= 0.3 is 7.12 Å². The lowest BCUT2D eigenvalue weighted by molar-refractivity contribution is 0.00578. The first-order valence-corrected chi connectivity index (χ1v) is 21.0. The highest BCUT2D eigenvalue weighted by Gasteiger charge is 2.52. The van der Waals surface area contributed by atoms with Crippen LogP contribution in [0.1, 0.15) is 49.9 Å². The fourth-order valence-electron chi connectivity index (χ4n) is 7.36. The summed E-state index contributed by atoms with van der Waals surface area (Å²) in [6.07, 6.45) is 11.5. The Bertz CT molecular complexity index is 2950. The van der Waals surface area contributed by atoms with Gasteiger partial charge in [-0.1, -0.05) is 48.5 Å². The van der Waals surface area contributed by atoms with Gasteiger partial charge in [0.1, 0.15) is 0 Å². The van der Waals surface area contributed by atoms with Gasteiger partial charge in [-0.05, 0) is 145 Å². The van der Waals surface area contributed by atoms with Gasteiger partial charge in [-0.25, -0.2) is 9.69 Å². The van der Waals surface area contributed by atoms with Crippen LogP contribution in [-0.2, 0) is 22.4 Å². The van der Waals surface area contributed by atoms with Crippen molar-refractivity contribution in [3.8, 4) is 11.1 Å². The molecule has 0 aliphatic carbocycles. The summed E-state index contributed by atoms with van der Waals surface area (Å²) in [4.78, 5) is 15.4. The second-order valence-electron chi connectivity index (χ2n) is 16.3. The second-order valence-corrected chi connectivity index (χ2v) is 17.1. The van der Waals surface area contributed by atoms with Crippen LogP contribution in [0, 0.1) is 27.0 Å². The van der Waals surface area contributed by atoms with Crippen LogP contribution in [-0.4, -0.2) is 37.4 Å². The Morgan fingerprint density at radius 2 is 1.16 bits per heavy atom. The number of halogens is 1. The van der Waals surface area contributed by atoms with Gasteiger partial charge in [0.2, 0.25) is 0 Å². The summed E-state index contributed by atoms with van der Waals surface area (Å²) in [7, 11) is -0.330. The molecule has 0 bridgehead atoms. The molecular formula is C50H48BBrN8O2. The molecule has 1 saturated heterocycles. The van der Waals surface area contributed by atoms with E-state index in [4.69, 9.17) is 33.9 Å². The lowest BCUT2D eigenvalue weighted by Gasteiger charge is -2.32. The molecule has 0 atom stereocenters. The number of nitrogens with zero attached hydrogens (tertiary/aromatic N) is 6. The zero-order valence-corrected chi connectivity index (χ0v) is 37.3. The zero-order chi connectivity index (χ0) is 44.2. The number of benzene rings is 4. The molecule has 0 spiro atoms. The Morgan fingerprint density at radius 1 is 0.645 bits per heavy atom. The number of hydrogen-bond donors (Lipinski definition) is 2. The van der Waals surface area contributed by atoms with Crippen LogP contribution in [0.2, 0.25) is 0 Å². The molecule has 0 saturated carbocycles. The predicted octanol–water partition coefficient (Wildman–Crippen LogP) is 11.5. The third-order valence-corrected chi connectivity index (χ3v) is 12.3. The van der Waals surface area contributed by atoms with E-state index in [1.807, 2.05) is 111 Å². The van der Waals surface area contributed by atoms with Crippen molar-refractivity contribution in [1.82, 2.24) is 19.1 Å². The van der Waals surface area contributed by atoms with Gasteiger partial charge in [0.15, 0.2) is 11.4 Å². The van der Waals surface area contributed by atoms with E-state index in [1.54, 1.807) is 12.4 Å². The first-order chi connectivity index (χ1) is 29.7. The predicted molar refractivity (Wildman–Crippen MR) is 257 cm³/mol. The summed E-state index contributed by atoms with van der Waals surface area (Å²) in [5.41, 5.74) is 24.1. The van der Waals surface area contributed by atoms with Crippen molar-refractivity contribution in [3.63, 3.8) is 0 Å². The number of nitrogen functional groups attached to an aromatic ring is 2. The quantitative estimate of drug-likeness (QED) is 0.0976. The van der Waals surface area contributed by atoms with Gasteiger partial charge in [-0.3, -0.25) is 9.97 Å². The Balaban J connectivity index is 0.000000144. The highest BCUT2D eigenvalue weighted by atomic mass is 79.9. The molecule has 12 heteroatoms. The lowest BCUT2D eigenvalue weighted by Crippen LogP contribution is -2.41. The first kappa shape index (κ1) is 43.4. The first-order valence-electron chi connectivity index (χ1n) is 20.2. The highest BCUT2D eigenvalue weighted by Crippen LogP contribution is 2.38. The van der Waals surface area contributed by atoms with Crippen LogP contribution in [0.3, 0.4) is 0 Å². The molecular weight excluding hydrogens is 835 g/mol. The molecule has 0 unspecified atom stereocenters. The summed E-state index contributed by atoms with van der Waals surface area (Å²) in [6, 6.07) is 31.4. The Hall–Kier alpha value is -6.70. The molecule has 9 rings (SSSR count). The molecule has 0 amide bonds. The molecule has 0 radical (unpaired) electrons. The number of fused-ring (bicyclic) bond motifs is 2. The molecule has 4 aromatic carbocycles. The number of anilines is 2. The molecule has 10 nitrogen and oxygen atoms in total. The second kappa shape index (κ2) is 18.1. The van der Waals surface area contributed by atoms with E-state index in [-0.39, 0.29) is 18.3 Å². The topological polar surface area (TPSA) is 115 Å². The van der Waals surface area contributed by atoms with Crippen LogP contribution < -0.4 is 16.9 Å². The number of nitrogens with two attached hydrogens (primary N) is 2. The molecule has 4 aromatic heterocycles. The summed E-state index contributed by atoms with van der Waals surface area (Å²) in [6.45, 7) is 28.1.